The zero-order chi connectivity index (χ0) is 14.1. The van der Waals surface area contributed by atoms with Crippen LogP contribution in [0.1, 0.15) is 24.5 Å². The smallest absolute Gasteiger partial charge is 0.151 e. The first-order valence-electron chi connectivity index (χ1n) is 7.47. The molecular formula is C15H18N6. The van der Waals surface area contributed by atoms with Crippen molar-refractivity contribution in [2.75, 3.05) is 29.9 Å². The van der Waals surface area contributed by atoms with Gasteiger partial charge in [-0.2, -0.15) is 5.10 Å². The van der Waals surface area contributed by atoms with Crippen molar-refractivity contribution in [3.05, 3.63) is 36.4 Å². The monoisotopic (exact) mass is 282 g/mol. The molecule has 4 rings (SSSR count). The predicted octanol–water partition coefficient (Wildman–Crippen LogP) is 1.69. The lowest BCUT2D eigenvalue weighted by Crippen LogP contribution is -2.50. The molecule has 21 heavy (non-hydrogen) atoms. The Hall–Kier alpha value is -2.24. The molecule has 2 fully saturated rings. The van der Waals surface area contributed by atoms with Gasteiger partial charge in [0.2, 0.25) is 0 Å². The van der Waals surface area contributed by atoms with Gasteiger partial charge >= 0.3 is 0 Å². The van der Waals surface area contributed by atoms with Gasteiger partial charge in [-0.3, -0.25) is 0 Å². The third-order valence-corrected chi connectivity index (χ3v) is 4.10. The fourth-order valence-corrected chi connectivity index (χ4v) is 2.63. The van der Waals surface area contributed by atoms with Gasteiger partial charge in [0.05, 0.1) is 5.69 Å². The van der Waals surface area contributed by atoms with Crippen LogP contribution in [-0.2, 0) is 0 Å². The second-order valence-electron chi connectivity index (χ2n) is 5.84. The Morgan fingerprint density at radius 2 is 2.05 bits per heavy atom. The van der Waals surface area contributed by atoms with E-state index in [2.05, 4.69) is 42.5 Å². The van der Waals surface area contributed by atoms with Crippen molar-refractivity contribution >= 4 is 11.6 Å². The summed E-state index contributed by atoms with van der Waals surface area (Å²) in [5, 5.41) is 12.0. The molecule has 0 bridgehead atoms. The minimum absolute atomic E-state index is 0.630. The summed E-state index contributed by atoms with van der Waals surface area (Å²) < 4.78 is 0. The number of rotatable bonds is 5. The molecule has 3 heterocycles. The minimum Gasteiger partial charge on any atom is -0.370 e. The topological polar surface area (TPSA) is 66.8 Å². The molecule has 6 nitrogen and oxygen atoms in total. The molecule has 0 amide bonds. The maximum absolute atomic E-state index is 4.35. The van der Waals surface area contributed by atoms with E-state index in [1.807, 2.05) is 6.07 Å². The lowest BCUT2D eigenvalue weighted by molar-refractivity contribution is 0.425. The van der Waals surface area contributed by atoms with Gasteiger partial charge in [-0.15, -0.1) is 5.10 Å². The van der Waals surface area contributed by atoms with E-state index in [9.17, 15) is 0 Å². The second-order valence-corrected chi connectivity index (χ2v) is 5.84. The summed E-state index contributed by atoms with van der Waals surface area (Å²) in [6, 6.07) is 6.12. The molecule has 1 aliphatic heterocycles. The number of nitrogens with zero attached hydrogens (tertiary/aromatic N) is 5. The Morgan fingerprint density at radius 1 is 1.14 bits per heavy atom. The highest BCUT2D eigenvalue weighted by Gasteiger charge is 2.29. The van der Waals surface area contributed by atoms with Crippen LogP contribution in [-0.4, -0.2) is 39.8 Å². The number of hydrogen-bond acceptors (Lipinski definition) is 6. The Kier molecular flexibility index (Phi) is 3.14. The first-order valence-corrected chi connectivity index (χ1v) is 7.47. The Labute approximate surface area is 123 Å². The van der Waals surface area contributed by atoms with Crippen LogP contribution in [0.3, 0.4) is 0 Å². The summed E-state index contributed by atoms with van der Waals surface area (Å²) in [5.74, 6) is 3.19. The van der Waals surface area contributed by atoms with Crippen LogP contribution in [0.5, 0.6) is 0 Å². The van der Waals surface area contributed by atoms with Crippen LogP contribution < -0.4 is 10.2 Å². The summed E-state index contributed by atoms with van der Waals surface area (Å²) >= 11 is 0. The highest BCUT2D eigenvalue weighted by Crippen LogP contribution is 2.38. The molecule has 2 aromatic heterocycles. The first-order chi connectivity index (χ1) is 10.4. The normalized spacial score (nSPS) is 18.4. The summed E-state index contributed by atoms with van der Waals surface area (Å²) in [5.41, 5.74) is 1.15. The molecule has 0 radical (unpaired) electrons. The summed E-state index contributed by atoms with van der Waals surface area (Å²) in [6.45, 7) is 2.98. The Morgan fingerprint density at radius 3 is 2.71 bits per heavy atom. The highest BCUT2D eigenvalue weighted by atomic mass is 15.3. The second kappa shape index (κ2) is 5.27. The van der Waals surface area contributed by atoms with Crippen LogP contribution in [0.4, 0.5) is 11.6 Å². The number of anilines is 2. The fourth-order valence-electron chi connectivity index (χ4n) is 2.63. The molecule has 6 heteroatoms. The van der Waals surface area contributed by atoms with Gasteiger partial charge in [0.1, 0.15) is 12.1 Å². The zero-order valence-corrected chi connectivity index (χ0v) is 11.8. The van der Waals surface area contributed by atoms with E-state index in [0.29, 0.717) is 11.8 Å². The van der Waals surface area contributed by atoms with Crippen molar-refractivity contribution in [1.29, 1.82) is 0 Å². The van der Waals surface area contributed by atoms with Crippen molar-refractivity contribution in [3.8, 4) is 0 Å². The third kappa shape index (κ3) is 2.79. The molecule has 0 spiro atoms. The van der Waals surface area contributed by atoms with E-state index in [0.717, 1.165) is 37.0 Å². The van der Waals surface area contributed by atoms with Gasteiger partial charge in [-0.05, 0) is 31.0 Å². The molecule has 1 aliphatic carbocycles. The van der Waals surface area contributed by atoms with Crippen molar-refractivity contribution in [3.63, 3.8) is 0 Å². The summed E-state index contributed by atoms with van der Waals surface area (Å²) in [6.07, 6.45) is 5.86. The van der Waals surface area contributed by atoms with Crippen LogP contribution >= 0.6 is 0 Å². The molecule has 0 aromatic carbocycles. The SMILES string of the molecule is c1cc(NCC2CN(c3ccc(C4CC4)nn3)C2)ncn1. The van der Waals surface area contributed by atoms with Crippen LogP contribution in [0.25, 0.3) is 0 Å². The van der Waals surface area contributed by atoms with E-state index in [-0.39, 0.29) is 0 Å². The molecule has 1 N–H and O–H groups in total. The highest BCUT2D eigenvalue weighted by molar-refractivity contribution is 5.42. The van der Waals surface area contributed by atoms with E-state index >= 15 is 0 Å². The van der Waals surface area contributed by atoms with E-state index in [4.69, 9.17) is 0 Å². The Bertz CT molecular complexity index is 589. The first kappa shape index (κ1) is 12.5. The van der Waals surface area contributed by atoms with Crippen LogP contribution in [0, 0.1) is 5.92 Å². The van der Waals surface area contributed by atoms with Gasteiger partial charge in [-0.1, -0.05) is 0 Å². The van der Waals surface area contributed by atoms with Gasteiger partial charge in [0, 0.05) is 37.7 Å². The quantitative estimate of drug-likeness (QED) is 0.900. The lowest BCUT2D eigenvalue weighted by atomic mass is 10.0. The molecule has 108 valence electrons. The third-order valence-electron chi connectivity index (χ3n) is 4.10. The van der Waals surface area contributed by atoms with Crippen molar-refractivity contribution in [1.82, 2.24) is 20.2 Å². The van der Waals surface area contributed by atoms with Crippen molar-refractivity contribution in [2.24, 2.45) is 5.92 Å². The Balaban J connectivity index is 1.26. The number of nitrogens with one attached hydrogen (secondary N) is 1. The number of hydrogen-bond donors (Lipinski definition) is 1. The average Bonchev–Trinajstić information content (AvgIpc) is 3.32. The predicted molar refractivity (Wildman–Crippen MR) is 80.2 cm³/mol. The fraction of sp³-hybridized carbons (Fsp3) is 0.467. The minimum atomic E-state index is 0.630. The number of aromatic nitrogens is 4. The zero-order valence-electron chi connectivity index (χ0n) is 11.8. The standard InChI is InChI=1S/C15H18N6/c1-2-12(1)13-3-4-15(20-19-13)21-8-11(9-21)7-17-14-5-6-16-10-18-14/h3-6,10-12H,1-2,7-9H2,(H,16,17,18). The van der Waals surface area contributed by atoms with E-state index in [1.165, 1.54) is 12.8 Å². The van der Waals surface area contributed by atoms with Crippen LogP contribution in [0.15, 0.2) is 30.7 Å². The molecule has 2 aromatic rings. The van der Waals surface area contributed by atoms with Gasteiger partial charge in [0.25, 0.3) is 0 Å². The van der Waals surface area contributed by atoms with E-state index < -0.39 is 0 Å². The maximum Gasteiger partial charge on any atom is 0.151 e. The summed E-state index contributed by atoms with van der Waals surface area (Å²) in [7, 11) is 0. The molecular weight excluding hydrogens is 264 g/mol. The van der Waals surface area contributed by atoms with Crippen LogP contribution in [0.2, 0.25) is 0 Å². The van der Waals surface area contributed by atoms with Gasteiger partial charge < -0.3 is 10.2 Å². The molecule has 1 saturated carbocycles. The largest absolute Gasteiger partial charge is 0.370 e. The van der Waals surface area contributed by atoms with Gasteiger partial charge in [-0.25, -0.2) is 9.97 Å². The molecule has 0 atom stereocenters. The molecule has 1 saturated heterocycles. The van der Waals surface area contributed by atoms with Gasteiger partial charge in [0.15, 0.2) is 5.82 Å². The molecule has 0 unspecified atom stereocenters. The summed E-state index contributed by atoms with van der Waals surface area (Å²) in [4.78, 5) is 10.3. The van der Waals surface area contributed by atoms with E-state index in [1.54, 1.807) is 12.5 Å². The lowest BCUT2D eigenvalue weighted by Gasteiger charge is -2.40. The van der Waals surface area contributed by atoms with Crippen molar-refractivity contribution in [2.45, 2.75) is 18.8 Å². The maximum atomic E-state index is 4.35. The van der Waals surface area contributed by atoms with Crippen molar-refractivity contribution < 1.29 is 0 Å². The molecule has 2 aliphatic rings. The average molecular weight is 282 g/mol.